The minimum Gasteiger partial charge on any atom is -0.364 e. The first-order valence-corrected chi connectivity index (χ1v) is 11.6. The molecule has 1 aliphatic heterocycles. The third-order valence-corrected chi connectivity index (χ3v) is 6.34. The molecule has 0 saturated carbocycles. The molecular formula is C24H25ClF4N6O. The molecule has 2 atom stereocenters. The number of nitrogens with zero attached hydrogens (tertiary/aromatic N) is 4. The Bertz CT molecular complexity index is 1300. The zero-order chi connectivity index (χ0) is 26.0. The summed E-state index contributed by atoms with van der Waals surface area (Å²) in [5.41, 5.74) is 0.428. The van der Waals surface area contributed by atoms with Gasteiger partial charge in [-0.25, -0.2) is 8.91 Å². The summed E-state index contributed by atoms with van der Waals surface area (Å²) < 4.78 is 57.6. The lowest BCUT2D eigenvalue weighted by molar-refractivity contribution is -0.127. The van der Waals surface area contributed by atoms with Crippen molar-refractivity contribution in [1.82, 2.24) is 24.4 Å². The fraction of sp³-hybridized carbons (Fsp3) is 0.417. The average Bonchev–Trinajstić information content (AvgIpc) is 3.32. The largest absolute Gasteiger partial charge is 0.393 e. The van der Waals surface area contributed by atoms with Gasteiger partial charge in [0.25, 0.3) is 5.91 Å². The molecule has 2 N–H and O–H groups in total. The quantitative estimate of drug-likeness (QED) is 0.395. The van der Waals surface area contributed by atoms with Gasteiger partial charge in [0, 0.05) is 31.9 Å². The number of aryl methyl sites for hydroxylation is 1. The van der Waals surface area contributed by atoms with Gasteiger partial charge < -0.3 is 20.1 Å². The summed E-state index contributed by atoms with van der Waals surface area (Å²) in [5, 5.41) is 10.4. The Labute approximate surface area is 210 Å². The second-order valence-electron chi connectivity index (χ2n) is 8.79. The monoisotopic (exact) mass is 524 g/mol. The molecule has 0 radical (unpaired) electrons. The highest BCUT2D eigenvalue weighted by atomic mass is 35.5. The van der Waals surface area contributed by atoms with E-state index in [1.165, 1.54) is 16.6 Å². The highest BCUT2D eigenvalue weighted by Crippen LogP contribution is 2.28. The Hall–Kier alpha value is -3.23. The van der Waals surface area contributed by atoms with Gasteiger partial charge in [0.2, 0.25) is 0 Å². The van der Waals surface area contributed by atoms with E-state index in [-0.39, 0.29) is 29.9 Å². The molecule has 7 nitrogen and oxygen atoms in total. The number of likely N-dealkylation sites (tertiary alicyclic amines) is 1. The van der Waals surface area contributed by atoms with E-state index in [1.54, 1.807) is 29.9 Å². The fourth-order valence-electron chi connectivity index (χ4n) is 4.13. The summed E-state index contributed by atoms with van der Waals surface area (Å²) >= 11 is 5.94. The second-order valence-corrected chi connectivity index (χ2v) is 9.18. The number of alkyl halides is 4. The number of aromatic nitrogens is 3. The number of carbonyl (C=O) groups is 1. The zero-order valence-electron chi connectivity index (χ0n) is 19.7. The van der Waals surface area contributed by atoms with Crippen LogP contribution in [0.4, 0.5) is 23.4 Å². The minimum absolute atomic E-state index is 0.0567. The molecule has 0 bridgehead atoms. The molecule has 1 aliphatic rings. The number of anilines is 1. The molecule has 1 amide bonds. The smallest absolute Gasteiger partial charge is 0.364 e. The topological polar surface area (TPSA) is 66.6 Å². The molecule has 36 heavy (non-hydrogen) atoms. The van der Waals surface area contributed by atoms with Crippen LogP contribution in [-0.2, 0) is 13.5 Å². The molecule has 0 spiro atoms. The Balaban J connectivity index is 1.58. The lowest BCUT2D eigenvalue weighted by Gasteiger charge is -2.33. The molecule has 0 unspecified atom stereocenters. The van der Waals surface area contributed by atoms with Crippen molar-refractivity contribution in [3.63, 3.8) is 0 Å². The first kappa shape index (κ1) is 25.9. The fourth-order valence-corrected chi connectivity index (χ4v) is 4.30. The van der Waals surface area contributed by atoms with Gasteiger partial charge in [0.05, 0.1) is 30.1 Å². The molecule has 1 fully saturated rings. The van der Waals surface area contributed by atoms with Gasteiger partial charge in [-0.2, -0.15) is 18.3 Å². The maximum atomic E-state index is 14.6. The van der Waals surface area contributed by atoms with Crippen LogP contribution >= 0.6 is 11.6 Å². The summed E-state index contributed by atoms with van der Waals surface area (Å²) in [7, 11) is 3.52. The van der Waals surface area contributed by atoms with Gasteiger partial charge in [0.1, 0.15) is 22.8 Å². The van der Waals surface area contributed by atoms with E-state index < -0.39 is 30.7 Å². The summed E-state index contributed by atoms with van der Waals surface area (Å²) in [6, 6.07) is 5.77. The van der Waals surface area contributed by atoms with Crippen LogP contribution in [0.3, 0.4) is 0 Å². The van der Waals surface area contributed by atoms with Gasteiger partial charge in [0.15, 0.2) is 0 Å². The van der Waals surface area contributed by atoms with Crippen molar-refractivity contribution in [3.05, 3.63) is 52.4 Å². The number of rotatable bonds is 5. The molecule has 192 valence electrons. The normalized spacial score (nSPS) is 18.6. The van der Waals surface area contributed by atoms with Gasteiger partial charge in [-0.3, -0.25) is 4.79 Å². The van der Waals surface area contributed by atoms with Crippen LogP contribution in [-0.4, -0.2) is 70.1 Å². The Morgan fingerprint density at radius 3 is 2.75 bits per heavy atom. The third kappa shape index (κ3) is 5.94. The molecule has 1 saturated heterocycles. The van der Waals surface area contributed by atoms with E-state index in [9.17, 15) is 22.4 Å². The molecule has 4 heterocycles. The number of piperidine rings is 1. The first-order valence-electron chi connectivity index (χ1n) is 11.3. The first-order chi connectivity index (χ1) is 17.0. The Morgan fingerprint density at radius 2 is 2.08 bits per heavy atom. The van der Waals surface area contributed by atoms with Crippen molar-refractivity contribution in [2.75, 3.05) is 32.0 Å². The van der Waals surface area contributed by atoms with Crippen LogP contribution in [0.1, 0.15) is 28.0 Å². The molecule has 12 heteroatoms. The highest BCUT2D eigenvalue weighted by Gasteiger charge is 2.32. The predicted octanol–water partition coefficient (Wildman–Crippen LogP) is 3.67. The van der Waals surface area contributed by atoms with Crippen LogP contribution in [0.25, 0.3) is 5.52 Å². The molecule has 0 aliphatic carbocycles. The van der Waals surface area contributed by atoms with Crippen LogP contribution < -0.4 is 10.6 Å². The Morgan fingerprint density at radius 1 is 1.31 bits per heavy atom. The average molecular weight is 525 g/mol. The maximum absolute atomic E-state index is 14.6. The SMILES string of the molecule is CN1CC[C@@H](Nc2cccc3c(CC(F)(F)F)c(C#CCNC(=O)c4cc(Cl)n(C)c4)nn23)[C@@H](F)C1. The number of pyridine rings is 1. The van der Waals surface area contributed by atoms with E-state index in [1.807, 2.05) is 11.9 Å². The van der Waals surface area contributed by atoms with Crippen molar-refractivity contribution in [2.45, 2.75) is 31.2 Å². The minimum atomic E-state index is -4.48. The maximum Gasteiger partial charge on any atom is 0.393 e. The second kappa shape index (κ2) is 10.4. The van der Waals surface area contributed by atoms with Crippen LogP contribution in [0, 0.1) is 11.8 Å². The van der Waals surface area contributed by atoms with Crippen molar-refractivity contribution in [1.29, 1.82) is 0 Å². The molecular weight excluding hydrogens is 500 g/mol. The van der Waals surface area contributed by atoms with Gasteiger partial charge in [-0.1, -0.05) is 23.6 Å². The van der Waals surface area contributed by atoms with Crippen molar-refractivity contribution in [3.8, 4) is 11.8 Å². The number of halogens is 5. The number of amides is 1. The number of nitrogens with one attached hydrogen (secondary N) is 2. The van der Waals surface area contributed by atoms with E-state index >= 15 is 0 Å². The van der Waals surface area contributed by atoms with E-state index in [0.717, 1.165) is 0 Å². The van der Waals surface area contributed by atoms with Crippen LogP contribution in [0.2, 0.25) is 5.15 Å². The van der Waals surface area contributed by atoms with E-state index in [2.05, 4.69) is 27.6 Å². The number of carbonyl (C=O) groups excluding carboxylic acids is 1. The van der Waals surface area contributed by atoms with Gasteiger partial charge >= 0.3 is 6.18 Å². The van der Waals surface area contributed by atoms with Crippen molar-refractivity contribution < 1.29 is 22.4 Å². The van der Waals surface area contributed by atoms with E-state index in [0.29, 0.717) is 29.5 Å². The van der Waals surface area contributed by atoms with Gasteiger partial charge in [-0.05, 0) is 37.6 Å². The highest BCUT2D eigenvalue weighted by molar-refractivity contribution is 6.30. The summed E-state index contributed by atoms with van der Waals surface area (Å²) in [5.74, 6) is 5.30. The zero-order valence-corrected chi connectivity index (χ0v) is 20.4. The van der Waals surface area contributed by atoms with Crippen LogP contribution in [0.15, 0.2) is 30.5 Å². The molecule has 4 rings (SSSR count). The molecule has 0 aromatic carbocycles. The van der Waals surface area contributed by atoms with Crippen LogP contribution in [0.5, 0.6) is 0 Å². The number of hydrogen-bond donors (Lipinski definition) is 2. The molecule has 3 aromatic heterocycles. The van der Waals surface area contributed by atoms with Gasteiger partial charge in [-0.15, -0.1) is 0 Å². The summed E-state index contributed by atoms with van der Waals surface area (Å²) in [6.45, 7) is 0.864. The standard InChI is InChI=1S/C24H25ClF4N6O/c1-33-10-8-19(17(26)14-33)31-22-7-3-6-20-16(12-24(27,28)29)18(32-35(20)22)5-4-9-30-23(36)15-11-21(25)34(2)13-15/h3,6-7,11,13,17,19,31H,8-10,12,14H2,1-2H3,(H,30,36)/t17-,19+/m0/s1. The third-order valence-electron chi connectivity index (χ3n) is 5.97. The lowest BCUT2D eigenvalue weighted by atomic mass is 10.0. The Kier molecular flexibility index (Phi) is 7.47. The summed E-state index contributed by atoms with van der Waals surface area (Å²) in [4.78, 5) is 14.1. The number of fused-ring (bicyclic) bond motifs is 1. The number of hydrogen-bond acceptors (Lipinski definition) is 4. The lowest BCUT2D eigenvalue weighted by Crippen LogP contribution is -2.46. The predicted molar refractivity (Wildman–Crippen MR) is 129 cm³/mol. The molecule has 3 aromatic rings. The van der Waals surface area contributed by atoms with E-state index in [4.69, 9.17) is 11.6 Å². The van der Waals surface area contributed by atoms with Crippen molar-refractivity contribution >= 4 is 28.8 Å². The summed E-state index contributed by atoms with van der Waals surface area (Å²) in [6.07, 6.45) is -4.74. The van der Waals surface area contributed by atoms with Crippen molar-refractivity contribution in [2.24, 2.45) is 7.05 Å².